The summed E-state index contributed by atoms with van der Waals surface area (Å²) in [5.74, 6) is 0.197. The van der Waals surface area contributed by atoms with Gasteiger partial charge < -0.3 is 4.74 Å². The maximum Gasteiger partial charge on any atom is 0.136 e. The summed E-state index contributed by atoms with van der Waals surface area (Å²) in [6.07, 6.45) is 8.34. The van der Waals surface area contributed by atoms with E-state index in [1.165, 1.54) is 44.2 Å². The van der Waals surface area contributed by atoms with Crippen LogP contribution in [0.3, 0.4) is 0 Å². The lowest BCUT2D eigenvalue weighted by atomic mass is 9.96. The van der Waals surface area contributed by atoms with Crippen molar-refractivity contribution in [2.24, 2.45) is 0 Å². The topological polar surface area (TPSA) is 27.1 Å². The minimum absolute atomic E-state index is 0.305. The Hall–Kier alpha value is -1.36. The standard InChI is InChI=1S/C16H18BrFN2O/c17-15-7-6-12(18)10-16(15)21-11-13-8-9-20(19-13)14-4-2-1-3-5-14/h6-10,14H,1-5,11H2. The van der Waals surface area contributed by atoms with Crippen LogP contribution in [0.25, 0.3) is 0 Å². The Morgan fingerprint density at radius 2 is 2.05 bits per heavy atom. The van der Waals surface area contributed by atoms with Gasteiger partial charge in [-0.3, -0.25) is 4.68 Å². The summed E-state index contributed by atoms with van der Waals surface area (Å²) in [6, 6.07) is 6.91. The number of hydrogen-bond donors (Lipinski definition) is 0. The van der Waals surface area contributed by atoms with Crippen molar-refractivity contribution in [1.29, 1.82) is 0 Å². The van der Waals surface area contributed by atoms with Gasteiger partial charge in [0.05, 0.1) is 16.2 Å². The van der Waals surface area contributed by atoms with Crippen LogP contribution < -0.4 is 4.74 Å². The van der Waals surface area contributed by atoms with Crippen LogP contribution in [0.15, 0.2) is 34.9 Å². The van der Waals surface area contributed by atoms with Crippen LogP contribution in [-0.2, 0) is 6.61 Å². The van der Waals surface area contributed by atoms with Crippen LogP contribution >= 0.6 is 15.9 Å². The van der Waals surface area contributed by atoms with Crippen molar-refractivity contribution in [3.05, 3.63) is 46.4 Å². The summed E-state index contributed by atoms with van der Waals surface area (Å²) in [5, 5.41) is 4.58. The van der Waals surface area contributed by atoms with E-state index in [9.17, 15) is 4.39 Å². The van der Waals surface area contributed by atoms with E-state index in [1.807, 2.05) is 12.3 Å². The largest absolute Gasteiger partial charge is 0.486 e. The van der Waals surface area contributed by atoms with Crippen molar-refractivity contribution < 1.29 is 9.13 Å². The quantitative estimate of drug-likeness (QED) is 0.784. The summed E-state index contributed by atoms with van der Waals surface area (Å²) in [6.45, 7) is 0.349. The first-order valence-electron chi connectivity index (χ1n) is 7.34. The summed E-state index contributed by atoms with van der Waals surface area (Å²) in [7, 11) is 0. The molecule has 2 aromatic rings. The lowest BCUT2D eigenvalue weighted by molar-refractivity contribution is 0.288. The highest BCUT2D eigenvalue weighted by Gasteiger charge is 2.16. The number of benzene rings is 1. The van der Waals surface area contributed by atoms with Crippen LogP contribution in [-0.4, -0.2) is 9.78 Å². The molecule has 0 radical (unpaired) electrons. The third-order valence-electron chi connectivity index (χ3n) is 3.88. The molecule has 5 heteroatoms. The van der Waals surface area contributed by atoms with Gasteiger partial charge in [0.15, 0.2) is 0 Å². The molecule has 1 aliphatic rings. The van der Waals surface area contributed by atoms with Crippen molar-refractivity contribution in [2.45, 2.75) is 44.8 Å². The van der Waals surface area contributed by atoms with Gasteiger partial charge in [-0.05, 0) is 47.0 Å². The minimum Gasteiger partial charge on any atom is -0.486 e. The molecule has 1 saturated carbocycles. The first-order chi connectivity index (χ1) is 10.2. The lowest BCUT2D eigenvalue weighted by Gasteiger charge is -2.21. The maximum absolute atomic E-state index is 13.2. The molecule has 0 saturated heterocycles. The van der Waals surface area contributed by atoms with Gasteiger partial charge in [0, 0.05) is 12.3 Å². The van der Waals surface area contributed by atoms with Gasteiger partial charge in [-0.1, -0.05) is 19.3 Å². The molecule has 0 atom stereocenters. The molecule has 1 heterocycles. The predicted molar refractivity (Wildman–Crippen MR) is 82.8 cm³/mol. The fourth-order valence-corrected chi connectivity index (χ4v) is 3.10. The molecule has 21 heavy (non-hydrogen) atoms. The first-order valence-corrected chi connectivity index (χ1v) is 8.13. The summed E-state index contributed by atoms with van der Waals surface area (Å²) in [4.78, 5) is 0. The molecule has 1 aliphatic carbocycles. The Morgan fingerprint density at radius 1 is 1.24 bits per heavy atom. The zero-order chi connectivity index (χ0) is 14.7. The van der Waals surface area contributed by atoms with Crippen LogP contribution in [0.2, 0.25) is 0 Å². The summed E-state index contributed by atoms with van der Waals surface area (Å²) < 4.78 is 21.6. The number of aromatic nitrogens is 2. The smallest absolute Gasteiger partial charge is 0.136 e. The first kappa shape index (κ1) is 14.6. The number of halogens is 2. The summed E-state index contributed by atoms with van der Waals surface area (Å²) in [5.41, 5.74) is 0.872. The van der Waals surface area contributed by atoms with Gasteiger partial charge in [-0.15, -0.1) is 0 Å². The Labute approximate surface area is 132 Å². The highest BCUT2D eigenvalue weighted by molar-refractivity contribution is 9.10. The highest BCUT2D eigenvalue weighted by atomic mass is 79.9. The van der Waals surface area contributed by atoms with Crippen molar-refractivity contribution in [3.63, 3.8) is 0 Å². The van der Waals surface area contributed by atoms with E-state index in [4.69, 9.17) is 4.74 Å². The molecule has 1 fully saturated rings. The SMILES string of the molecule is Fc1ccc(Br)c(OCc2ccn(C3CCCCC3)n2)c1. The van der Waals surface area contributed by atoms with E-state index in [0.29, 0.717) is 18.4 Å². The second kappa shape index (κ2) is 6.60. The fraction of sp³-hybridized carbons (Fsp3) is 0.438. The van der Waals surface area contributed by atoms with E-state index in [2.05, 4.69) is 25.7 Å². The molecule has 0 bridgehead atoms. The van der Waals surface area contributed by atoms with Crippen LogP contribution in [0.4, 0.5) is 4.39 Å². The zero-order valence-corrected chi connectivity index (χ0v) is 13.4. The molecular formula is C16H18BrFN2O. The molecule has 0 unspecified atom stereocenters. The van der Waals surface area contributed by atoms with Gasteiger partial charge in [-0.2, -0.15) is 5.10 Å². The Morgan fingerprint density at radius 3 is 2.86 bits per heavy atom. The Bertz CT molecular complexity index is 608. The zero-order valence-electron chi connectivity index (χ0n) is 11.8. The molecule has 0 aliphatic heterocycles. The normalized spacial score (nSPS) is 16.1. The minimum atomic E-state index is -0.305. The van der Waals surface area contributed by atoms with Crippen molar-refractivity contribution in [3.8, 4) is 5.75 Å². The van der Waals surface area contributed by atoms with Gasteiger partial charge in [0.25, 0.3) is 0 Å². The van der Waals surface area contributed by atoms with Crippen LogP contribution in [0.5, 0.6) is 5.75 Å². The second-order valence-electron chi connectivity index (χ2n) is 5.44. The third-order valence-corrected chi connectivity index (χ3v) is 4.54. The molecular weight excluding hydrogens is 335 g/mol. The van der Waals surface area contributed by atoms with E-state index >= 15 is 0 Å². The second-order valence-corrected chi connectivity index (χ2v) is 6.30. The molecule has 1 aromatic carbocycles. The monoisotopic (exact) mass is 352 g/mol. The number of hydrogen-bond acceptors (Lipinski definition) is 2. The Balaban J connectivity index is 1.63. The van der Waals surface area contributed by atoms with Crippen molar-refractivity contribution in [2.75, 3.05) is 0 Å². The lowest BCUT2D eigenvalue weighted by Crippen LogP contribution is -2.13. The Kier molecular flexibility index (Phi) is 4.58. The van der Waals surface area contributed by atoms with Crippen molar-refractivity contribution >= 4 is 15.9 Å². The fourth-order valence-electron chi connectivity index (χ4n) is 2.74. The number of ether oxygens (including phenoxy) is 1. The van der Waals surface area contributed by atoms with Crippen LogP contribution in [0, 0.1) is 5.82 Å². The molecule has 112 valence electrons. The predicted octanol–water partition coefficient (Wildman–Crippen LogP) is 4.87. The van der Waals surface area contributed by atoms with E-state index in [1.54, 1.807) is 6.07 Å². The average Bonchev–Trinajstić information content (AvgIpc) is 2.98. The van der Waals surface area contributed by atoms with Crippen molar-refractivity contribution in [1.82, 2.24) is 9.78 Å². The number of rotatable bonds is 4. The van der Waals surface area contributed by atoms with Crippen LogP contribution in [0.1, 0.15) is 43.8 Å². The van der Waals surface area contributed by atoms with E-state index < -0.39 is 0 Å². The molecule has 0 amide bonds. The third kappa shape index (κ3) is 3.64. The highest BCUT2D eigenvalue weighted by Crippen LogP contribution is 2.28. The van der Waals surface area contributed by atoms with Gasteiger partial charge in [0.1, 0.15) is 18.2 Å². The van der Waals surface area contributed by atoms with Gasteiger partial charge >= 0.3 is 0 Å². The van der Waals surface area contributed by atoms with E-state index in [-0.39, 0.29) is 5.82 Å². The average molecular weight is 353 g/mol. The molecule has 3 rings (SSSR count). The van der Waals surface area contributed by atoms with E-state index in [0.717, 1.165) is 10.2 Å². The molecule has 0 spiro atoms. The molecule has 1 aromatic heterocycles. The number of nitrogens with zero attached hydrogens (tertiary/aromatic N) is 2. The van der Waals surface area contributed by atoms with Gasteiger partial charge in [0.2, 0.25) is 0 Å². The molecule has 3 nitrogen and oxygen atoms in total. The van der Waals surface area contributed by atoms with Gasteiger partial charge in [-0.25, -0.2) is 4.39 Å². The maximum atomic E-state index is 13.2. The summed E-state index contributed by atoms with van der Waals surface area (Å²) >= 11 is 3.35. The molecule has 0 N–H and O–H groups in total.